The molecule has 0 saturated carbocycles. The smallest absolute Gasteiger partial charge is 0.303 e. The molecule has 1 aliphatic carbocycles. The predicted octanol–water partition coefficient (Wildman–Crippen LogP) is 3.44. The number of anilines is 1. The maximum Gasteiger partial charge on any atom is 0.303 e. The standard InChI is InChI=1S/C19H19NO3/c21-18(22)12-9-13-7-10-15(11-8-13)20-19(23)17-6-2-4-14-3-1-5-16(14)17/h2,4,6-8,10-11H,1,3,5,9,12H2,(H,20,23)(H,21,22). The number of carbonyl (C=O) groups excluding carboxylic acids is 1. The van der Waals surface area contributed by atoms with Gasteiger partial charge in [-0.15, -0.1) is 0 Å². The van der Waals surface area contributed by atoms with E-state index in [-0.39, 0.29) is 12.3 Å². The van der Waals surface area contributed by atoms with Gasteiger partial charge in [-0.2, -0.15) is 0 Å². The average molecular weight is 309 g/mol. The summed E-state index contributed by atoms with van der Waals surface area (Å²) < 4.78 is 0. The van der Waals surface area contributed by atoms with Gasteiger partial charge in [0.05, 0.1) is 0 Å². The third-order valence-corrected chi connectivity index (χ3v) is 4.23. The molecular formula is C19H19NO3. The molecule has 4 nitrogen and oxygen atoms in total. The van der Waals surface area contributed by atoms with Gasteiger partial charge in [-0.25, -0.2) is 0 Å². The van der Waals surface area contributed by atoms with Crippen molar-refractivity contribution in [1.82, 2.24) is 0 Å². The van der Waals surface area contributed by atoms with E-state index in [4.69, 9.17) is 5.11 Å². The van der Waals surface area contributed by atoms with E-state index in [1.807, 2.05) is 36.4 Å². The van der Waals surface area contributed by atoms with Crippen molar-refractivity contribution in [3.05, 3.63) is 64.7 Å². The molecule has 0 radical (unpaired) electrons. The van der Waals surface area contributed by atoms with Gasteiger partial charge < -0.3 is 10.4 Å². The van der Waals surface area contributed by atoms with Gasteiger partial charge >= 0.3 is 5.97 Å². The lowest BCUT2D eigenvalue weighted by molar-refractivity contribution is -0.136. The van der Waals surface area contributed by atoms with Crippen LogP contribution in [0.5, 0.6) is 0 Å². The van der Waals surface area contributed by atoms with Gasteiger partial charge in [0.25, 0.3) is 5.91 Å². The molecule has 0 spiro atoms. The van der Waals surface area contributed by atoms with Gasteiger partial charge in [-0.05, 0) is 60.6 Å². The van der Waals surface area contributed by atoms with Crippen molar-refractivity contribution < 1.29 is 14.7 Å². The van der Waals surface area contributed by atoms with Crippen LogP contribution >= 0.6 is 0 Å². The largest absolute Gasteiger partial charge is 0.481 e. The minimum Gasteiger partial charge on any atom is -0.481 e. The summed E-state index contributed by atoms with van der Waals surface area (Å²) >= 11 is 0. The van der Waals surface area contributed by atoms with Crippen LogP contribution < -0.4 is 5.32 Å². The lowest BCUT2D eigenvalue weighted by Crippen LogP contribution is -2.14. The Kier molecular flexibility index (Phi) is 4.42. The summed E-state index contributed by atoms with van der Waals surface area (Å²) in [4.78, 5) is 23.1. The summed E-state index contributed by atoms with van der Waals surface area (Å²) in [6.45, 7) is 0. The van der Waals surface area contributed by atoms with E-state index < -0.39 is 5.97 Å². The second-order valence-electron chi connectivity index (χ2n) is 5.84. The minimum absolute atomic E-state index is 0.0814. The van der Waals surface area contributed by atoms with Crippen LogP contribution in [0.15, 0.2) is 42.5 Å². The highest BCUT2D eigenvalue weighted by molar-refractivity contribution is 6.05. The molecule has 0 saturated heterocycles. The first-order valence-electron chi connectivity index (χ1n) is 7.86. The molecule has 2 aromatic rings. The Labute approximate surface area is 135 Å². The van der Waals surface area contributed by atoms with Gasteiger partial charge in [0.15, 0.2) is 0 Å². The number of amides is 1. The predicted molar refractivity (Wildman–Crippen MR) is 88.8 cm³/mol. The first kappa shape index (κ1) is 15.3. The fourth-order valence-electron chi connectivity index (χ4n) is 3.04. The normalized spacial score (nSPS) is 12.7. The lowest BCUT2D eigenvalue weighted by Gasteiger charge is -2.10. The SMILES string of the molecule is O=C(O)CCc1ccc(NC(=O)c2cccc3c2CCC3)cc1. The molecule has 2 aromatic carbocycles. The van der Waals surface area contributed by atoms with E-state index in [0.717, 1.165) is 36.1 Å². The Morgan fingerprint density at radius 3 is 2.57 bits per heavy atom. The summed E-state index contributed by atoms with van der Waals surface area (Å²) in [5.74, 6) is -0.887. The number of hydrogen-bond acceptors (Lipinski definition) is 2. The molecule has 0 fully saturated rings. The van der Waals surface area contributed by atoms with Gasteiger partial charge in [0.1, 0.15) is 0 Å². The molecule has 0 unspecified atom stereocenters. The molecule has 0 aromatic heterocycles. The van der Waals surface area contributed by atoms with Crippen LogP contribution in [-0.2, 0) is 24.1 Å². The Morgan fingerprint density at radius 1 is 1.04 bits per heavy atom. The number of benzene rings is 2. The maximum absolute atomic E-state index is 12.5. The van der Waals surface area contributed by atoms with E-state index in [1.165, 1.54) is 11.1 Å². The average Bonchev–Trinajstić information content (AvgIpc) is 3.02. The highest BCUT2D eigenvalue weighted by Gasteiger charge is 2.18. The summed E-state index contributed by atoms with van der Waals surface area (Å²) in [5.41, 5.74) is 4.88. The van der Waals surface area contributed by atoms with Crippen molar-refractivity contribution in [2.75, 3.05) is 5.32 Å². The molecule has 0 bridgehead atoms. The third kappa shape index (κ3) is 3.59. The second kappa shape index (κ2) is 6.65. The zero-order valence-electron chi connectivity index (χ0n) is 12.8. The third-order valence-electron chi connectivity index (χ3n) is 4.23. The molecule has 1 aliphatic rings. The van der Waals surface area contributed by atoms with E-state index in [2.05, 4.69) is 11.4 Å². The molecule has 4 heteroatoms. The number of fused-ring (bicyclic) bond motifs is 1. The van der Waals surface area contributed by atoms with E-state index in [9.17, 15) is 9.59 Å². The zero-order valence-corrected chi connectivity index (χ0v) is 12.8. The number of carboxylic acid groups (broad SMARTS) is 1. The Bertz CT molecular complexity index is 735. The van der Waals surface area contributed by atoms with Crippen molar-refractivity contribution in [3.8, 4) is 0 Å². The van der Waals surface area contributed by atoms with Gasteiger partial charge in [0, 0.05) is 17.7 Å². The van der Waals surface area contributed by atoms with Gasteiger partial charge in [0.2, 0.25) is 0 Å². The van der Waals surface area contributed by atoms with Crippen LogP contribution in [0.25, 0.3) is 0 Å². The number of carboxylic acids is 1. The van der Waals surface area contributed by atoms with Gasteiger partial charge in [-0.1, -0.05) is 24.3 Å². The van der Waals surface area contributed by atoms with E-state index >= 15 is 0 Å². The topological polar surface area (TPSA) is 66.4 Å². The van der Waals surface area contributed by atoms with Crippen LogP contribution in [-0.4, -0.2) is 17.0 Å². The number of nitrogens with one attached hydrogen (secondary N) is 1. The number of rotatable bonds is 5. The molecule has 118 valence electrons. The number of aryl methyl sites for hydroxylation is 2. The van der Waals surface area contributed by atoms with Crippen molar-refractivity contribution in [2.45, 2.75) is 32.1 Å². The molecule has 3 rings (SSSR count). The molecular weight excluding hydrogens is 290 g/mol. The highest BCUT2D eigenvalue weighted by atomic mass is 16.4. The molecule has 0 aliphatic heterocycles. The van der Waals surface area contributed by atoms with E-state index in [0.29, 0.717) is 6.42 Å². The lowest BCUT2D eigenvalue weighted by atomic mass is 10.0. The minimum atomic E-state index is -0.805. The Balaban J connectivity index is 1.69. The highest BCUT2D eigenvalue weighted by Crippen LogP contribution is 2.26. The maximum atomic E-state index is 12.5. The first-order valence-corrected chi connectivity index (χ1v) is 7.86. The summed E-state index contributed by atoms with van der Waals surface area (Å²) in [6, 6.07) is 13.3. The number of carbonyl (C=O) groups is 2. The van der Waals surface area contributed by atoms with Crippen LogP contribution in [0.1, 0.15) is 39.9 Å². The van der Waals surface area contributed by atoms with Crippen LogP contribution in [0.4, 0.5) is 5.69 Å². The molecule has 0 heterocycles. The van der Waals surface area contributed by atoms with Crippen molar-refractivity contribution in [2.24, 2.45) is 0 Å². The van der Waals surface area contributed by atoms with Crippen molar-refractivity contribution in [3.63, 3.8) is 0 Å². The second-order valence-corrected chi connectivity index (χ2v) is 5.84. The van der Waals surface area contributed by atoms with Crippen LogP contribution in [0, 0.1) is 0 Å². The van der Waals surface area contributed by atoms with Crippen LogP contribution in [0.3, 0.4) is 0 Å². The fraction of sp³-hybridized carbons (Fsp3) is 0.263. The Morgan fingerprint density at radius 2 is 1.83 bits per heavy atom. The number of aliphatic carboxylic acids is 1. The van der Waals surface area contributed by atoms with Crippen molar-refractivity contribution >= 4 is 17.6 Å². The van der Waals surface area contributed by atoms with Gasteiger partial charge in [-0.3, -0.25) is 9.59 Å². The quantitative estimate of drug-likeness (QED) is 0.889. The monoisotopic (exact) mass is 309 g/mol. The fourth-order valence-corrected chi connectivity index (χ4v) is 3.04. The van der Waals surface area contributed by atoms with Crippen LogP contribution in [0.2, 0.25) is 0 Å². The summed E-state index contributed by atoms with van der Waals surface area (Å²) in [6.07, 6.45) is 3.73. The van der Waals surface area contributed by atoms with E-state index in [1.54, 1.807) is 0 Å². The Hall–Kier alpha value is -2.62. The first-order chi connectivity index (χ1) is 11.1. The molecule has 0 atom stereocenters. The summed E-state index contributed by atoms with van der Waals surface area (Å²) in [5, 5.41) is 11.6. The number of hydrogen-bond donors (Lipinski definition) is 2. The zero-order chi connectivity index (χ0) is 16.2. The molecule has 1 amide bonds. The van der Waals surface area contributed by atoms with Crippen molar-refractivity contribution in [1.29, 1.82) is 0 Å². The molecule has 23 heavy (non-hydrogen) atoms. The summed E-state index contributed by atoms with van der Waals surface area (Å²) in [7, 11) is 0. The molecule has 2 N–H and O–H groups in total.